The number of carboxylic acid groups (broad SMARTS) is 1. The van der Waals surface area contributed by atoms with Crippen LogP contribution in [-0.4, -0.2) is 26.8 Å². The van der Waals surface area contributed by atoms with Crippen molar-refractivity contribution in [2.45, 2.75) is 6.04 Å². The lowest BCUT2D eigenvalue weighted by molar-refractivity contribution is -0.139. The van der Waals surface area contributed by atoms with E-state index in [2.05, 4.69) is 10.4 Å². The Balaban J connectivity index is 1.82. The van der Waals surface area contributed by atoms with Crippen LogP contribution >= 0.6 is 0 Å². The number of para-hydroxylation sites is 1. The number of rotatable bonds is 5. The average molecular weight is 339 g/mol. The number of hydrogen-bond donors (Lipinski definition) is 2. The molecule has 0 saturated carbocycles. The third kappa shape index (κ3) is 3.55. The van der Waals surface area contributed by atoms with E-state index in [1.807, 2.05) is 0 Å². The third-order valence-electron chi connectivity index (χ3n) is 3.58. The zero-order valence-electron chi connectivity index (χ0n) is 13.0. The zero-order chi connectivity index (χ0) is 17.8. The Labute approximate surface area is 142 Å². The summed E-state index contributed by atoms with van der Waals surface area (Å²) in [6, 6.07) is 14.5. The van der Waals surface area contributed by atoms with E-state index in [0.717, 1.165) is 0 Å². The molecule has 0 radical (unpaired) electrons. The molecule has 0 spiro atoms. The molecule has 0 saturated heterocycles. The van der Waals surface area contributed by atoms with Crippen LogP contribution in [0.2, 0.25) is 0 Å². The molecule has 1 amide bonds. The Morgan fingerprint density at radius 1 is 1.04 bits per heavy atom. The number of nitrogens with one attached hydrogen (secondary N) is 1. The first-order valence-corrected chi connectivity index (χ1v) is 7.45. The molecule has 25 heavy (non-hydrogen) atoms. The number of carbonyl (C=O) groups excluding carboxylic acids is 1. The van der Waals surface area contributed by atoms with Gasteiger partial charge in [0.1, 0.15) is 11.5 Å². The first-order chi connectivity index (χ1) is 12.1. The minimum atomic E-state index is -1.20. The van der Waals surface area contributed by atoms with E-state index in [1.54, 1.807) is 42.5 Å². The van der Waals surface area contributed by atoms with Crippen LogP contribution in [0.1, 0.15) is 22.1 Å². The molecule has 126 valence electrons. The van der Waals surface area contributed by atoms with Crippen LogP contribution in [0, 0.1) is 5.82 Å². The standard InChI is InChI=1S/C18H14FN3O3/c19-13-8-4-5-9-15(13)22-11-10-14(21-22)17(23)20-16(18(24)25)12-6-2-1-3-7-12/h1-11,16H,(H,20,23)(H,24,25)/t16-/m0/s1. The van der Waals surface area contributed by atoms with Gasteiger partial charge in [-0.1, -0.05) is 42.5 Å². The molecule has 0 aliphatic heterocycles. The highest BCUT2D eigenvalue weighted by atomic mass is 19.1. The van der Waals surface area contributed by atoms with Gasteiger partial charge >= 0.3 is 5.97 Å². The second-order valence-corrected chi connectivity index (χ2v) is 5.25. The lowest BCUT2D eigenvalue weighted by Gasteiger charge is -2.13. The van der Waals surface area contributed by atoms with Crippen molar-refractivity contribution in [3.05, 3.63) is 83.9 Å². The summed E-state index contributed by atoms with van der Waals surface area (Å²) < 4.78 is 15.0. The Morgan fingerprint density at radius 3 is 2.40 bits per heavy atom. The molecule has 0 aliphatic rings. The van der Waals surface area contributed by atoms with Gasteiger partial charge in [-0.15, -0.1) is 0 Å². The second-order valence-electron chi connectivity index (χ2n) is 5.25. The fourth-order valence-corrected chi connectivity index (χ4v) is 2.35. The van der Waals surface area contributed by atoms with Crippen molar-refractivity contribution in [3.8, 4) is 5.69 Å². The second kappa shape index (κ2) is 6.96. The van der Waals surface area contributed by atoms with Crippen LogP contribution in [0.3, 0.4) is 0 Å². The summed E-state index contributed by atoms with van der Waals surface area (Å²) in [5, 5.41) is 15.8. The molecule has 0 bridgehead atoms. The fraction of sp³-hybridized carbons (Fsp3) is 0.0556. The SMILES string of the molecule is O=C(N[C@H](C(=O)O)c1ccccc1)c1ccn(-c2ccccc2F)n1. The molecule has 1 heterocycles. The number of aliphatic carboxylic acids is 1. The maximum Gasteiger partial charge on any atom is 0.330 e. The van der Waals surface area contributed by atoms with Crippen LogP contribution < -0.4 is 5.32 Å². The van der Waals surface area contributed by atoms with Gasteiger partial charge in [0.2, 0.25) is 0 Å². The first kappa shape index (κ1) is 16.4. The lowest BCUT2D eigenvalue weighted by atomic mass is 10.1. The van der Waals surface area contributed by atoms with E-state index < -0.39 is 23.7 Å². The van der Waals surface area contributed by atoms with E-state index in [9.17, 15) is 19.1 Å². The Morgan fingerprint density at radius 2 is 1.72 bits per heavy atom. The molecule has 2 aromatic carbocycles. The summed E-state index contributed by atoms with van der Waals surface area (Å²) >= 11 is 0. The van der Waals surface area contributed by atoms with Gasteiger partial charge in [0.25, 0.3) is 5.91 Å². The predicted molar refractivity (Wildman–Crippen MR) is 87.8 cm³/mol. The average Bonchev–Trinajstić information content (AvgIpc) is 3.10. The highest BCUT2D eigenvalue weighted by molar-refractivity contribution is 5.95. The van der Waals surface area contributed by atoms with Gasteiger partial charge < -0.3 is 10.4 Å². The minimum absolute atomic E-state index is 0.00886. The predicted octanol–water partition coefficient (Wildman–Crippen LogP) is 2.57. The van der Waals surface area contributed by atoms with Gasteiger partial charge in [0.15, 0.2) is 11.7 Å². The Bertz CT molecular complexity index is 909. The van der Waals surface area contributed by atoms with Gasteiger partial charge in [-0.05, 0) is 23.8 Å². The monoisotopic (exact) mass is 339 g/mol. The number of nitrogens with zero attached hydrogens (tertiary/aromatic N) is 2. The smallest absolute Gasteiger partial charge is 0.330 e. The van der Waals surface area contributed by atoms with Crippen LogP contribution in [0.4, 0.5) is 4.39 Å². The molecule has 3 rings (SSSR count). The number of aromatic nitrogens is 2. The van der Waals surface area contributed by atoms with Crippen LogP contribution in [-0.2, 0) is 4.79 Å². The van der Waals surface area contributed by atoms with Crippen molar-refractivity contribution in [2.24, 2.45) is 0 Å². The number of amides is 1. The number of halogens is 1. The van der Waals surface area contributed by atoms with Crippen molar-refractivity contribution >= 4 is 11.9 Å². The first-order valence-electron chi connectivity index (χ1n) is 7.45. The summed E-state index contributed by atoms with van der Waals surface area (Å²) in [5.41, 5.74) is 0.627. The quantitative estimate of drug-likeness (QED) is 0.748. The van der Waals surface area contributed by atoms with E-state index in [4.69, 9.17) is 0 Å². The van der Waals surface area contributed by atoms with Gasteiger partial charge in [0.05, 0.1) is 0 Å². The highest BCUT2D eigenvalue weighted by Crippen LogP contribution is 2.15. The lowest BCUT2D eigenvalue weighted by Crippen LogP contribution is -2.34. The van der Waals surface area contributed by atoms with Crippen molar-refractivity contribution in [1.29, 1.82) is 0 Å². The molecule has 0 aliphatic carbocycles. The van der Waals surface area contributed by atoms with E-state index in [0.29, 0.717) is 5.56 Å². The zero-order valence-corrected chi connectivity index (χ0v) is 13.0. The van der Waals surface area contributed by atoms with Crippen LogP contribution in [0.5, 0.6) is 0 Å². The largest absolute Gasteiger partial charge is 0.479 e. The molecule has 2 N–H and O–H groups in total. The van der Waals surface area contributed by atoms with E-state index in [-0.39, 0.29) is 11.4 Å². The molecule has 1 aromatic heterocycles. The molecule has 6 nitrogen and oxygen atoms in total. The molecule has 0 fully saturated rings. The summed E-state index contributed by atoms with van der Waals surface area (Å²) in [7, 11) is 0. The number of benzene rings is 2. The van der Waals surface area contributed by atoms with Crippen LogP contribution in [0.25, 0.3) is 5.69 Å². The van der Waals surface area contributed by atoms with Gasteiger partial charge in [0, 0.05) is 6.20 Å². The highest BCUT2D eigenvalue weighted by Gasteiger charge is 2.23. The number of carboxylic acids is 1. The summed E-state index contributed by atoms with van der Waals surface area (Å²) in [6.07, 6.45) is 1.44. The van der Waals surface area contributed by atoms with Gasteiger partial charge in [-0.25, -0.2) is 13.9 Å². The normalized spacial score (nSPS) is 11.7. The van der Waals surface area contributed by atoms with Crippen molar-refractivity contribution < 1.29 is 19.1 Å². The van der Waals surface area contributed by atoms with Gasteiger partial charge in [-0.3, -0.25) is 4.79 Å². The van der Waals surface area contributed by atoms with Crippen molar-refractivity contribution in [1.82, 2.24) is 15.1 Å². The van der Waals surface area contributed by atoms with Crippen molar-refractivity contribution in [3.63, 3.8) is 0 Å². The molecule has 3 aromatic rings. The summed E-state index contributed by atoms with van der Waals surface area (Å²) in [6.45, 7) is 0. The molecule has 7 heteroatoms. The van der Waals surface area contributed by atoms with E-state index >= 15 is 0 Å². The maximum atomic E-state index is 13.8. The molecule has 0 unspecified atom stereocenters. The minimum Gasteiger partial charge on any atom is -0.479 e. The molecular formula is C18H14FN3O3. The summed E-state index contributed by atoms with van der Waals surface area (Å²) in [4.78, 5) is 23.8. The van der Waals surface area contributed by atoms with Crippen LogP contribution in [0.15, 0.2) is 66.9 Å². The summed E-state index contributed by atoms with van der Waals surface area (Å²) in [5.74, 6) is -2.33. The topological polar surface area (TPSA) is 84.2 Å². The van der Waals surface area contributed by atoms with Crippen molar-refractivity contribution in [2.75, 3.05) is 0 Å². The maximum absolute atomic E-state index is 13.8. The van der Waals surface area contributed by atoms with E-state index in [1.165, 1.54) is 29.1 Å². The number of hydrogen-bond acceptors (Lipinski definition) is 3. The third-order valence-corrected chi connectivity index (χ3v) is 3.58. The molecular weight excluding hydrogens is 325 g/mol. The van der Waals surface area contributed by atoms with Gasteiger partial charge in [-0.2, -0.15) is 5.10 Å². The fourth-order valence-electron chi connectivity index (χ4n) is 2.35. The molecule has 1 atom stereocenters. The number of carbonyl (C=O) groups is 2. The Kier molecular flexibility index (Phi) is 4.56. The Hall–Kier alpha value is -3.48.